The van der Waals surface area contributed by atoms with Crippen LogP contribution in [0.2, 0.25) is 0 Å². The molecule has 0 aliphatic carbocycles. The summed E-state index contributed by atoms with van der Waals surface area (Å²) in [6.45, 7) is 1.58. The van der Waals surface area contributed by atoms with Crippen LogP contribution in [0.15, 0.2) is 30.5 Å². The van der Waals surface area contributed by atoms with Gasteiger partial charge in [-0.25, -0.2) is 14.8 Å². The molecule has 6 nitrogen and oxygen atoms in total. The van der Waals surface area contributed by atoms with Gasteiger partial charge in [-0.1, -0.05) is 12.1 Å². The molecule has 25 heavy (non-hydrogen) atoms. The van der Waals surface area contributed by atoms with Gasteiger partial charge in [0.25, 0.3) is 0 Å². The van der Waals surface area contributed by atoms with Gasteiger partial charge in [-0.3, -0.25) is 0 Å². The Balaban J connectivity index is 2.30. The fourth-order valence-corrected chi connectivity index (χ4v) is 2.22. The number of anilines is 1. The van der Waals surface area contributed by atoms with Gasteiger partial charge in [-0.2, -0.15) is 13.2 Å². The number of carboxylic acid groups (broad SMARTS) is 1. The third kappa shape index (κ3) is 4.66. The van der Waals surface area contributed by atoms with Crippen molar-refractivity contribution in [2.75, 3.05) is 19.0 Å². The number of carboxylic acids is 1. The maximum absolute atomic E-state index is 12.9. The summed E-state index contributed by atoms with van der Waals surface area (Å²) in [6, 6.07) is 4.21. The third-order valence-corrected chi connectivity index (χ3v) is 3.46. The van der Waals surface area contributed by atoms with Crippen LogP contribution in [-0.2, 0) is 10.9 Å². The number of benzene rings is 1. The smallest absolute Gasteiger partial charge is 0.416 e. The molecule has 1 atom stereocenters. The molecule has 1 aromatic carbocycles. The van der Waals surface area contributed by atoms with Crippen LogP contribution in [0.4, 0.5) is 19.1 Å². The Morgan fingerprint density at radius 3 is 2.68 bits per heavy atom. The Kier molecular flexibility index (Phi) is 5.58. The van der Waals surface area contributed by atoms with E-state index in [2.05, 4.69) is 15.3 Å². The minimum atomic E-state index is -4.45. The number of nitrogens with zero attached hydrogens (tertiary/aromatic N) is 2. The zero-order valence-electron chi connectivity index (χ0n) is 13.5. The number of rotatable bonds is 6. The van der Waals surface area contributed by atoms with Gasteiger partial charge >= 0.3 is 12.1 Å². The molecule has 0 saturated carbocycles. The summed E-state index contributed by atoms with van der Waals surface area (Å²) in [7, 11) is 1.42. The van der Waals surface area contributed by atoms with Crippen molar-refractivity contribution in [3.63, 3.8) is 0 Å². The average molecular weight is 355 g/mol. The number of carbonyl (C=O) groups is 1. The second-order valence-electron chi connectivity index (χ2n) is 5.27. The van der Waals surface area contributed by atoms with E-state index in [4.69, 9.17) is 9.84 Å². The lowest BCUT2D eigenvalue weighted by Crippen LogP contribution is -2.19. The summed E-state index contributed by atoms with van der Waals surface area (Å²) < 4.78 is 43.7. The molecule has 0 saturated heterocycles. The Labute approximate surface area is 141 Å². The molecule has 2 aromatic rings. The van der Waals surface area contributed by atoms with Gasteiger partial charge in [0.1, 0.15) is 0 Å². The number of nitrogens with one attached hydrogen (secondary N) is 1. The van der Waals surface area contributed by atoms with Crippen LogP contribution in [0.3, 0.4) is 0 Å². The highest BCUT2D eigenvalue weighted by atomic mass is 19.4. The maximum Gasteiger partial charge on any atom is 0.416 e. The molecule has 1 heterocycles. The first-order valence-electron chi connectivity index (χ1n) is 7.22. The van der Waals surface area contributed by atoms with E-state index in [1.165, 1.54) is 26.2 Å². The molecule has 134 valence electrons. The molecule has 0 fully saturated rings. The number of methoxy groups -OCH3 is 1. The van der Waals surface area contributed by atoms with Crippen molar-refractivity contribution < 1.29 is 27.8 Å². The van der Waals surface area contributed by atoms with Crippen molar-refractivity contribution >= 4 is 11.9 Å². The quantitative estimate of drug-likeness (QED) is 0.827. The molecule has 2 rings (SSSR count). The minimum absolute atomic E-state index is 0.0482. The van der Waals surface area contributed by atoms with E-state index >= 15 is 0 Å². The van der Waals surface area contributed by atoms with Crippen LogP contribution in [0.25, 0.3) is 0 Å². The number of halogens is 3. The molecule has 1 unspecified atom stereocenters. The van der Waals surface area contributed by atoms with Crippen molar-refractivity contribution in [3.05, 3.63) is 52.8 Å². The Morgan fingerprint density at radius 2 is 2.12 bits per heavy atom. The molecule has 1 aromatic heterocycles. The molecule has 0 spiro atoms. The van der Waals surface area contributed by atoms with E-state index in [0.29, 0.717) is 5.56 Å². The second kappa shape index (κ2) is 7.47. The highest BCUT2D eigenvalue weighted by Gasteiger charge is 2.31. The van der Waals surface area contributed by atoms with Gasteiger partial charge in [0.15, 0.2) is 0 Å². The topological polar surface area (TPSA) is 84.3 Å². The van der Waals surface area contributed by atoms with Gasteiger partial charge in [0.05, 0.1) is 29.5 Å². The van der Waals surface area contributed by atoms with Crippen LogP contribution in [0, 0.1) is 6.92 Å². The number of aromatic nitrogens is 2. The van der Waals surface area contributed by atoms with Crippen LogP contribution in [0.1, 0.15) is 33.2 Å². The van der Waals surface area contributed by atoms with Crippen LogP contribution >= 0.6 is 0 Å². The van der Waals surface area contributed by atoms with Gasteiger partial charge < -0.3 is 15.2 Å². The van der Waals surface area contributed by atoms with Crippen molar-refractivity contribution in [3.8, 4) is 0 Å². The largest absolute Gasteiger partial charge is 0.478 e. The van der Waals surface area contributed by atoms with Crippen LogP contribution in [-0.4, -0.2) is 34.8 Å². The molecule has 0 bridgehead atoms. The Hall–Kier alpha value is -2.68. The number of aromatic carboxylic acids is 1. The lowest BCUT2D eigenvalue weighted by Gasteiger charge is -2.20. The van der Waals surface area contributed by atoms with Gasteiger partial charge in [0, 0.05) is 13.3 Å². The molecular weight excluding hydrogens is 339 g/mol. The molecule has 0 aliphatic heterocycles. The Bertz CT molecular complexity index is 766. The van der Waals surface area contributed by atoms with Crippen molar-refractivity contribution in [2.45, 2.75) is 19.1 Å². The fraction of sp³-hybridized carbons (Fsp3) is 0.312. The lowest BCUT2D eigenvalue weighted by atomic mass is 10.0. The number of ether oxygens (including phenoxy) is 1. The maximum atomic E-state index is 12.9. The standard InChI is InChI=1S/C16H16F3N3O3/c1-9-12(14(23)24)7-20-15(21-9)22-13(8-25-2)10-4-3-5-11(6-10)16(17,18)19/h3-7,13H,8H2,1-2H3,(H,23,24)(H,20,21,22). The fourth-order valence-electron chi connectivity index (χ4n) is 2.22. The average Bonchev–Trinajstić information content (AvgIpc) is 2.53. The van der Waals surface area contributed by atoms with E-state index in [9.17, 15) is 18.0 Å². The first-order chi connectivity index (χ1) is 11.7. The first kappa shape index (κ1) is 18.7. The zero-order valence-corrected chi connectivity index (χ0v) is 13.5. The number of hydrogen-bond donors (Lipinski definition) is 2. The highest BCUT2D eigenvalue weighted by molar-refractivity contribution is 5.88. The molecule has 0 amide bonds. The van der Waals surface area contributed by atoms with E-state index in [0.717, 1.165) is 18.3 Å². The third-order valence-electron chi connectivity index (χ3n) is 3.46. The molecule has 9 heteroatoms. The molecular formula is C16H16F3N3O3. The van der Waals surface area contributed by atoms with Crippen molar-refractivity contribution in [1.29, 1.82) is 0 Å². The summed E-state index contributed by atoms with van der Waals surface area (Å²) in [4.78, 5) is 18.9. The second-order valence-corrected chi connectivity index (χ2v) is 5.27. The SMILES string of the molecule is COCC(Nc1ncc(C(=O)O)c(C)n1)c1cccc(C(F)(F)F)c1. The van der Waals surface area contributed by atoms with E-state index in [1.807, 2.05) is 0 Å². The number of alkyl halides is 3. The minimum Gasteiger partial charge on any atom is -0.478 e. The van der Waals surface area contributed by atoms with Crippen molar-refractivity contribution in [1.82, 2.24) is 9.97 Å². The monoisotopic (exact) mass is 355 g/mol. The summed E-state index contributed by atoms with van der Waals surface area (Å²) >= 11 is 0. The summed E-state index contributed by atoms with van der Waals surface area (Å²) in [5, 5.41) is 11.9. The molecule has 0 aliphatic rings. The zero-order chi connectivity index (χ0) is 18.6. The van der Waals surface area contributed by atoms with Gasteiger partial charge in [-0.05, 0) is 24.6 Å². The summed E-state index contributed by atoms with van der Waals surface area (Å²) in [5.74, 6) is -1.06. The van der Waals surface area contributed by atoms with E-state index < -0.39 is 23.8 Å². The molecule has 2 N–H and O–H groups in total. The van der Waals surface area contributed by atoms with Gasteiger partial charge in [-0.15, -0.1) is 0 Å². The predicted octanol–water partition coefficient (Wildman–Crippen LogP) is 3.30. The molecule has 0 radical (unpaired) electrons. The van der Waals surface area contributed by atoms with E-state index in [-0.39, 0.29) is 23.8 Å². The lowest BCUT2D eigenvalue weighted by molar-refractivity contribution is -0.137. The van der Waals surface area contributed by atoms with Crippen molar-refractivity contribution in [2.24, 2.45) is 0 Å². The first-order valence-corrected chi connectivity index (χ1v) is 7.22. The Morgan fingerprint density at radius 1 is 1.40 bits per heavy atom. The highest BCUT2D eigenvalue weighted by Crippen LogP contribution is 2.31. The normalized spacial score (nSPS) is 12.7. The van der Waals surface area contributed by atoms with Crippen LogP contribution in [0.5, 0.6) is 0 Å². The summed E-state index contributed by atoms with van der Waals surface area (Å²) in [6.07, 6.45) is -3.31. The number of hydrogen-bond acceptors (Lipinski definition) is 5. The van der Waals surface area contributed by atoms with E-state index in [1.54, 1.807) is 0 Å². The van der Waals surface area contributed by atoms with Gasteiger partial charge in [0.2, 0.25) is 5.95 Å². The number of aryl methyl sites for hydroxylation is 1. The van der Waals surface area contributed by atoms with Crippen LogP contribution < -0.4 is 5.32 Å². The summed E-state index contributed by atoms with van der Waals surface area (Å²) in [5.41, 5.74) is -0.232. The predicted molar refractivity (Wildman–Crippen MR) is 83.4 cm³/mol.